The number of phenolic OH excluding ortho intramolecular Hbond substituents is 1. The number of benzene rings is 2. The highest BCUT2D eigenvalue weighted by molar-refractivity contribution is 6.01. The van der Waals surface area contributed by atoms with Crippen LogP contribution < -0.4 is 0 Å². The molecule has 1 unspecified atom stereocenters. The van der Waals surface area contributed by atoms with E-state index in [9.17, 15) is 28.2 Å². The summed E-state index contributed by atoms with van der Waals surface area (Å²) >= 11 is 0. The molecular formula is C21H22F3N3O3. The molecule has 0 spiro atoms. The van der Waals surface area contributed by atoms with Gasteiger partial charge in [0.15, 0.2) is 0 Å². The van der Waals surface area contributed by atoms with Gasteiger partial charge in [0.05, 0.1) is 11.6 Å². The van der Waals surface area contributed by atoms with E-state index in [0.717, 1.165) is 4.57 Å². The number of hydrogen-bond donors (Lipinski definition) is 2. The third-order valence-corrected chi connectivity index (χ3v) is 5.00. The van der Waals surface area contributed by atoms with Crippen LogP contribution in [0.25, 0.3) is 11.0 Å². The summed E-state index contributed by atoms with van der Waals surface area (Å²) in [5.41, 5.74) is 0.655. The monoisotopic (exact) mass is 421 g/mol. The molecule has 2 aromatic carbocycles. The first kappa shape index (κ1) is 21.6. The number of carbonyl (C=O) groups excluding carboxylic acids is 1. The van der Waals surface area contributed by atoms with Gasteiger partial charge >= 0.3 is 6.18 Å². The van der Waals surface area contributed by atoms with Gasteiger partial charge in [-0.25, -0.2) is 4.98 Å². The minimum Gasteiger partial charge on any atom is -0.505 e. The van der Waals surface area contributed by atoms with Gasteiger partial charge in [0.25, 0.3) is 5.91 Å². The first-order chi connectivity index (χ1) is 14.0. The number of rotatable bonds is 5. The molecule has 1 heterocycles. The molecule has 6 nitrogen and oxygen atoms in total. The van der Waals surface area contributed by atoms with Crippen LogP contribution in [0.3, 0.4) is 0 Å². The van der Waals surface area contributed by atoms with E-state index in [-0.39, 0.29) is 35.0 Å². The molecular weight excluding hydrogens is 399 g/mol. The summed E-state index contributed by atoms with van der Waals surface area (Å²) < 4.78 is 40.6. The largest absolute Gasteiger partial charge is 0.505 e. The quantitative estimate of drug-likeness (QED) is 0.659. The van der Waals surface area contributed by atoms with Crippen molar-refractivity contribution in [2.24, 2.45) is 7.05 Å². The molecule has 0 aliphatic rings. The van der Waals surface area contributed by atoms with Crippen LogP contribution in [0.2, 0.25) is 0 Å². The first-order valence-corrected chi connectivity index (χ1v) is 9.25. The zero-order chi connectivity index (χ0) is 22.2. The molecule has 1 amide bonds. The van der Waals surface area contributed by atoms with E-state index in [2.05, 4.69) is 4.98 Å². The maximum atomic E-state index is 13.3. The van der Waals surface area contributed by atoms with Crippen molar-refractivity contribution >= 4 is 16.9 Å². The molecule has 0 radical (unpaired) electrons. The molecule has 160 valence electrons. The average Bonchev–Trinajstić information content (AvgIpc) is 3.04. The van der Waals surface area contributed by atoms with E-state index in [1.165, 1.54) is 32.1 Å². The number of halogens is 3. The zero-order valence-electron chi connectivity index (χ0n) is 16.7. The molecule has 0 bridgehead atoms. The lowest BCUT2D eigenvalue weighted by Gasteiger charge is -2.17. The standard InChI is InChI=1S/C21H22F3N3O3/c1-26(2)19(30)14-11-15-17(25-20(27(15)3)21(22,23)24)18(29)13(14)9-10-16(28)12-7-5-4-6-8-12/h4-8,11,16,28-29H,9-10H2,1-3H3. The third kappa shape index (κ3) is 3.97. The average molecular weight is 421 g/mol. The maximum absolute atomic E-state index is 13.3. The number of imidazole rings is 1. The van der Waals surface area contributed by atoms with E-state index in [4.69, 9.17) is 0 Å². The highest BCUT2D eigenvalue weighted by Gasteiger charge is 2.38. The number of hydrogen-bond acceptors (Lipinski definition) is 4. The maximum Gasteiger partial charge on any atom is 0.449 e. The molecule has 1 aromatic heterocycles. The van der Waals surface area contributed by atoms with Crippen LogP contribution in [0.5, 0.6) is 5.75 Å². The number of aliphatic hydroxyl groups is 1. The summed E-state index contributed by atoms with van der Waals surface area (Å²) in [6.07, 6.45) is -5.34. The Morgan fingerprint density at radius 1 is 1.23 bits per heavy atom. The van der Waals surface area contributed by atoms with Crippen molar-refractivity contribution in [1.82, 2.24) is 14.5 Å². The van der Waals surface area contributed by atoms with Crippen LogP contribution >= 0.6 is 0 Å². The molecule has 3 rings (SSSR count). The summed E-state index contributed by atoms with van der Waals surface area (Å²) in [5, 5.41) is 21.2. The van der Waals surface area contributed by atoms with Crippen LogP contribution in [0.1, 0.15) is 39.8 Å². The highest BCUT2D eigenvalue weighted by Crippen LogP contribution is 2.38. The normalized spacial score (nSPS) is 12.9. The fourth-order valence-electron chi connectivity index (χ4n) is 3.41. The Kier molecular flexibility index (Phi) is 5.76. The molecule has 0 aliphatic heterocycles. The Bertz CT molecular complexity index is 1080. The Morgan fingerprint density at radius 2 is 1.87 bits per heavy atom. The Morgan fingerprint density at radius 3 is 2.43 bits per heavy atom. The minimum absolute atomic E-state index is 0.00242. The molecule has 0 saturated heterocycles. The predicted octanol–water partition coefficient (Wildman–Crippen LogP) is 3.67. The number of amides is 1. The van der Waals surface area contributed by atoms with Gasteiger partial charge in [-0.3, -0.25) is 4.79 Å². The summed E-state index contributed by atoms with van der Waals surface area (Å²) in [6.45, 7) is 0. The lowest BCUT2D eigenvalue weighted by atomic mass is 9.96. The van der Waals surface area contributed by atoms with Gasteiger partial charge in [-0.15, -0.1) is 0 Å². The second-order valence-corrected chi connectivity index (χ2v) is 7.28. The Balaban J connectivity index is 2.10. The number of fused-ring (bicyclic) bond motifs is 1. The highest BCUT2D eigenvalue weighted by atomic mass is 19.4. The van der Waals surface area contributed by atoms with Gasteiger partial charge in [-0.2, -0.15) is 13.2 Å². The molecule has 30 heavy (non-hydrogen) atoms. The van der Waals surface area contributed by atoms with Crippen molar-refractivity contribution in [3.05, 3.63) is 58.9 Å². The summed E-state index contributed by atoms with van der Waals surface area (Å²) in [6, 6.07) is 10.2. The van der Waals surface area contributed by atoms with E-state index in [0.29, 0.717) is 5.56 Å². The molecule has 0 saturated carbocycles. The molecule has 0 aliphatic carbocycles. The second kappa shape index (κ2) is 7.98. The fraction of sp³-hybridized carbons (Fsp3) is 0.333. The third-order valence-electron chi connectivity index (χ3n) is 5.00. The zero-order valence-corrected chi connectivity index (χ0v) is 16.7. The fourth-order valence-corrected chi connectivity index (χ4v) is 3.41. The van der Waals surface area contributed by atoms with Crippen LogP contribution in [-0.2, 0) is 19.6 Å². The van der Waals surface area contributed by atoms with Crippen molar-refractivity contribution in [2.45, 2.75) is 25.1 Å². The smallest absolute Gasteiger partial charge is 0.449 e. The van der Waals surface area contributed by atoms with Crippen LogP contribution in [0.4, 0.5) is 13.2 Å². The number of aromatic nitrogens is 2. The Labute approximate surface area is 171 Å². The van der Waals surface area contributed by atoms with Crippen LogP contribution in [0, 0.1) is 0 Å². The molecule has 9 heteroatoms. The number of aliphatic hydroxyl groups excluding tert-OH is 1. The number of carbonyl (C=O) groups is 1. The van der Waals surface area contributed by atoms with E-state index >= 15 is 0 Å². The second-order valence-electron chi connectivity index (χ2n) is 7.28. The topological polar surface area (TPSA) is 78.6 Å². The SMILES string of the molecule is CN(C)C(=O)c1cc2c(nc(C(F)(F)F)n2C)c(O)c1CCC(O)c1ccccc1. The number of aromatic hydroxyl groups is 1. The van der Waals surface area contributed by atoms with E-state index in [1.54, 1.807) is 24.3 Å². The molecule has 3 aromatic rings. The van der Waals surface area contributed by atoms with Crippen LogP contribution in [-0.4, -0.2) is 44.7 Å². The lowest BCUT2D eigenvalue weighted by Crippen LogP contribution is -2.23. The summed E-state index contributed by atoms with van der Waals surface area (Å²) in [4.78, 5) is 17.5. The molecule has 2 N–H and O–H groups in total. The molecule has 0 fully saturated rings. The molecule has 1 atom stereocenters. The lowest BCUT2D eigenvalue weighted by molar-refractivity contribution is -0.146. The van der Waals surface area contributed by atoms with Gasteiger partial charge in [-0.1, -0.05) is 30.3 Å². The van der Waals surface area contributed by atoms with E-state index in [1.807, 2.05) is 6.07 Å². The van der Waals surface area contributed by atoms with Gasteiger partial charge in [0.2, 0.25) is 5.82 Å². The van der Waals surface area contributed by atoms with Crippen LogP contribution in [0.15, 0.2) is 36.4 Å². The van der Waals surface area contributed by atoms with Gasteiger partial charge in [0, 0.05) is 32.3 Å². The predicted molar refractivity (Wildman–Crippen MR) is 105 cm³/mol. The van der Waals surface area contributed by atoms with Crippen molar-refractivity contribution in [3.63, 3.8) is 0 Å². The van der Waals surface area contributed by atoms with Gasteiger partial charge < -0.3 is 19.7 Å². The number of nitrogens with zero attached hydrogens (tertiary/aromatic N) is 3. The van der Waals surface area contributed by atoms with Crippen molar-refractivity contribution in [3.8, 4) is 5.75 Å². The summed E-state index contributed by atoms with van der Waals surface area (Å²) in [5.74, 6) is -2.12. The van der Waals surface area contributed by atoms with E-state index < -0.39 is 29.8 Å². The Hall–Kier alpha value is -3.07. The minimum atomic E-state index is -4.71. The summed E-state index contributed by atoms with van der Waals surface area (Å²) in [7, 11) is 4.20. The number of aryl methyl sites for hydroxylation is 1. The van der Waals surface area contributed by atoms with Crippen molar-refractivity contribution in [1.29, 1.82) is 0 Å². The van der Waals surface area contributed by atoms with Gasteiger partial charge in [0.1, 0.15) is 11.3 Å². The first-order valence-electron chi connectivity index (χ1n) is 9.25. The van der Waals surface area contributed by atoms with Crippen molar-refractivity contribution < 1.29 is 28.2 Å². The number of phenols is 1. The van der Waals surface area contributed by atoms with Crippen molar-refractivity contribution in [2.75, 3.05) is 14.1 Å². The number of alkyl halides is 3. The van der Waals surface area contributed by atoms with Gasteiger partial charge in [-0.05, 0) is 24.5 Å².